The third kappa shape index (κ3) is 4.83. The molecule has 1 unspecified atom stereocenters. The lowest BCUT2D eigenvalue weighted by Crippen LogP contribution is -2.39. The fourth-order valence-corrected chi connectivity index (χ4v) is 4.65. The van der Waals surface area contributed by atoms with Gasteiger partial charge in [-0.15, -0.1) is 0 Å². The van der Waals surface area contributed by atoms with E-state index in [1.807, 2.05) is 24.3 Å². The first-order valence-electron chi connectivity index (χ1n) is 11.3. The van der Waals surface area contributed by atoms with Crippen molar-refractivity contribution >= 4 is 29.2 Å². The lowest BCUT2D eigenvalue weighted by Gasteiger charge is -2.35. The van der Waals surface area contributed by atoms with Crippen LogP contribution in [-0.2, 0) is 11.3 Å². The van der Waals surface area contributed by atoms with Gasteiger partial charge in [-0.25, -0.2) is 4.98 Å². The summed E-state index contributed by atoms with van der Waals surface area (Å²) in [5, 5.41) is 9.89. The minimum atomic E-state index is -0.770. The van der Waals surface area contributed by atoms with Crippen LogP contribution in [0.5, 0.6) is 0 Å². The number of unbranched alkanes of at least 4 members (excludes halogenated alkanes) is 2. The maximum absolute atomic E-state index is 13.1. The molecule has 1 N–H and O–H groups in total. The number of benzene rings is 1. The molecule has 0 saturated carbocycles. The number of carbonyl (C=O) groups is 1. The van der Waals surface area contributed by atoms with Gasteiger partial charge < -0.3 is 10.0 Å². The zero-order valence-corrected chi connectivity index (χ0v) is 19.1. The lowest BCUT2D eigenvalue weighted by molar-refractivity contribution is -0.138. The molecule has 8 heteroatoms. The number of fused-ring (bicyclic) bond motifs is 1. The molecule has 0 radical (unpaired) electrons. The molecule has 0 bridgehead atoms. The largest absolute Gasteiger partial charge is 0.481 e. The predicted octanol–water partition coefficient (Wildman–Crippen LogP) is 4.70. The van der Waals surface area contributed by atoms with Gasteiger partial charge in [0.2, 0.25) is 5.78 Å². The van der Waals surface area contributed by atoms with Gasteiger partial charge in [-0.3, -0.25) is 18.6 Å². The van der Waals surface area contributed by atoms with Crippen LogP contribution in [0.2, 0.25) is 5.02 Å². The zero-order valence-electron chi connectivity index (χ0n) is 18.3. The number of hydrogen-bond donors (Lipinski definition) is 1. The van der Waals surface area contributed by atoms with Gasteiger partial charge >= 0.3 is 5.97 Å². The topological polar surface area (TPSA) is 79.8 Å². The van der Waals surface area contributed by atoms with E-state index in [1.54, 1.807) is 16.7 Å². The second-order valence-electron chi connectivity index (χ2n) is 8.55. The van der Waals surface area contributed by atoms with Crippen LogP contribution in [0, 0.1) is 5.92 Å². The monoisotopic (exact) mass is 456 g/mol. The van der Waals surface area contributed by atoms with E-state index in [0.29, 0.717) is 17.3 Å². The first kappa shape index (κ1) is 22.4. The van der Waals surface area contributed by atoms with Crippen molar-refractivity contribution in [2.24, 2.45) is 5.92 Å². The van der Waals surface area contributed by atoms with Gasteiger partial charge in [0.1, 0.15) is 5.82 Å². The van der Waals surface area contributed by atoms with E-state index >= 15 is 0 Å². The molecule has 0 aliphatic carbocycles. The van der Waals surface area contributed by atoms with Gasteiger partial charge in [0.25, 0.3) is 5.56 Å². The van der Waals surface area contributed by atoms with E-state index in [1.165, 1.54) is 0 Å². The van der Waals surface area contributed by atoms with Crippen LogP contribution in [0.25, 0.3) is 17.0 Å². The summed E-state index contributed by atoms with van der Waals surface area (Å²) >= 11 is 6.03. The van der Waals surface area contributed by atoms with E-state index in [2.05, 4.69) is 16.4 Å². The number of hydrogen-bond acceptors (Lipinski definition) is 4. The summed E-state index contributed by atoms with van der Waals surface area (Å²) in [6.07, 6.45) is 6.92. The van der Waals surface area contributed by atoms with E-state index in [0.717, 1.165) is 62.3 Å². The Labute approximate surface area is 192 Å². The predicted molar refractivity (Wildman–Crippen MR) is 127 cm³/mol. The maximum atomic E-state index is 13.1. The normalized spacial score (nSPS) is 16.6. The number of aliphatic carboxylic acids is 1. The third-order valence-electron chi connectivity index (χ3n) is 6.13. The molecule has 1 aliphatic heterocycles. The zero-order chi connectivity index (χ0) is 22.7. The summed E-state index contributed by atoms with van der Waals surface area (Å²) in [7, 11) is 0. The van der Waals surface area contributed by atoms with Crippen molar-refractivity contribution in [1.29, 1.82) is 0 Å². The van der Waals surface area contributed by atoms with Gasteiger partial charge in [-0.1, -0.05) is 43.5 Å². The number of carboxylic acids is 1. The number of halogens is 1. The Morgan fingerprint density at radius 1 is 1.25 bits per heavy atom. The molecule has 32 heavy (non-hydrogen) atoms. The second kappa shape index (κ2) is 9.77. The minimum Gasteiger partial charge on any atom is -0.481 e. The summed E-state index contributed by atoms with van der Waals surface area (Å²) in [6.45, 7) is 4.37. The van der Waals surface area contributed by atoms with Crippen LogP contribution in [0.4, 0.5) is 5.82 Å². The highest BCUT2D eigenvalue weighted by molar-refractivity contribution is 6.30. The van der Waals surface area contributed by atoms with Crippen molar-refractivity contribution in [2.45, 2.75) is 52.0 Å². The fraction of sp³-hybridized carbons (Fsp3) is 0.458. The Balaban J connectivity index is 1.77. The van der Waals surface area contributed by atoms with Crippen LogP contribution >= 0.6 is 11.6 Å². The summed E-state index contributed by atoms with van der Waals surface area (Å²) in [6, 6.07) is 9.11. The Morgan fingerprint density at radius 3 is 2.75 bits per heavy atom. The van der Waals surface area contributed by atoms with Gasteiger partial charge in [-0.05, 0) is 37.3 Å². The van der Waals surface area contributed by atoms with Gasteiger partial charge in [0, 0.05) is 48.9 Å². The van der Waals surface area contributed by atoms with Crippen molar-refractivity contribution in [3.05, 3.63) is 51.9 Å². The van der Waals surface area contributed by atoms with Crippen molar-refractivity contribution in [3.63, 3.8) is 0 Å². The maximum Gasteiger partial charge on any atom is 0.303 e. The molecule has 3 heterocycles. The number of piperidine rings is 1. The molecule has 1 aliphatic rings. The number of anilines is 1. The Kier molecular flexibility index (Phi) is 6.84. The molecule has 1 aromatic carbocycles. The van der Waals surface area contributed by atoms with E-state index in [9.17, 15) is 14.7 Å². The summed E-state index contributed by atoms with van der Waals surface area (Å²) in [5.74, 6) is 0.769. The van der Waals surface area contributed by atoms with E-state index in [-0.39, 0.29) is 17.9 Å². The Hall–Kier alpha value is -2.80. The molecule has 3 aromatic rings. The molecular weight excluding hydrogens is 428 g/mol. The number of imidazole rings is 1. The number of rotatable bonds is 8. The Bertz CT molecular complexity index is 1150. The summed E-state index contributed by atoms with van der Waals surface area (Å²) < 4.78 is 3.73. The molecule has 2 aromatic heterocycles. The van der Waals surface area contributed by atoms with E-state index < -0.39 is 5.97 Å². The highest BCUT2D eigenvalue weighted by Crippen LogP contribution is 2.27. The molecule has 170 valence electrons. The van der Waals surface area contributed by atoms with Crippen LogP contribution in [0.15, 0.2) is 41.3 Å². The number of nitrogens with zero attached hydrogens (tertiary/aromatic N) is 4. The van der Waals surface area contributed by atoms with Gasteiger partial charge in [0.05, 0.1) is 5.69 Å². The minimum absolute atomic E-state index is 0.0843. The van der Waals surface area contributed by atoms with Crippen LogP contribution in [0.3, 0.4) is 0 Å². The molecular formula is C24H29ClN4O3. The van der Waals surface area contributed by atoms with Crippen LogP contribution in [0.1, 0.15) is 45.4 Å². The lowest BCUT2D eigenvalue weighted by atomic mass is 9.95. The fourth-order valence-electron chi connectivity index (χ4n) is 4.53. The Morgan fingerprint density at radius 2 is 2.03 bits per heavy atom. The molecule has 1 saturated heterocycles. The molecule has 0 spiro atoms. The number of aromatic nitrogens is 3. The van der Waals surface area contributed by atoms with Crippen molar-refractivity contribution in [3.8, 4) is 11.3 Å². The molecule has 7 nitrogen and oxygen atoms in total. The molecule has 1 fully saturated rings. The van der Waals surface area contributed by atoms with Crippen molar-refractivity contribution in [1.82, 2.24) is 14.0 Å². The second-order valence-corrected chi connectivity index (χ2v) is 8.99. The van der Waals surface area contributed by atoms with Crippen LogP contribution < -0.4 is 10.5 Å². The van der Waals surface area contributed by atoms with Crippen LogP contribution in [-0.4, -0.2) is 38.1 Å². The quantitative estimate of drug-likeness (QED) is 0.497. The number of carboxylic acid groups (broad SMARTS) is 1. The van der Waals surface area contributed by atoms with Gasteiger partial charge in [0.15, 0.2) is 0 Å². The first-order chi connectivity index (χ1) is 15.5. The highest BCUT2D eigenvalue weighted by Gasteiger charge is 2.25. The molecule has 4 rings (SSSR count). The average Bonchev–Trinajstić information content (AvgIpc) is 3.21. The highest BCUT2D eigenvalue weighted by atomic mass is 35.5. The molecule has 1 atom stereocenters. The van der Waals surface area contributed by atoms with Crippen molar-refractivity contribution in [2.75, 3.05) is 18.0 Å². The first-order valence-corrected chi connectivity index (χ1v) is 11.7. The summed E-state index contributed by atoms with van der Waals surface area (Å²) in [5.41, 5.74) is 1.50. The van der Waals surface area contributed by atoms with E-state index in [4.69, 9.17) is 16.6 Å². The third-order valence-corrected chi connectivity index (χ3v) is 6.38. The SMILES string of the molecule is CCCCCn1c(N2CCCC(CC(=O)O)C2)cc(=O)n2cc(-c3ccc(Cl)cc3)nc12. The smallest absolute Gasteiger partial charge is 0.303 e. The average molecular weight is 457 g/mol. The number of aryl methyl sites for hydroxylation is 1. The summed E-state index contributed by atoms with van der Waals surface area (Å²) in [4.78, 5) is 31.3. The van der Waals surface area contributed by atoms with Gasteiger partial charge in [-0.2, -0.15) is 0 Å². The standard InChI is InChI=1S/C24H29ClN4O3/c1-2-3-4-12-28-21(27-11-5-6-17(15-27)13-23(31)32)14-22(30)29-16-20(26-24(28)29)18-7-9-19(25)10-8-18/h7-10,14,16-17H,2-6,11-13,15H2,1H3,(H,31,32). The molecule has 0 amide bonds. The van der Waals surface area contributed by atoms with Crippen molar-refractivity contribution < 1.29 is 9.90 Å².